The van der Waals surface area contributed by atoms with E-state index in [4.69, 9.17) is 4.74 Å². The van der Waals surface area contributed by atoms with Crippen molar-refractivity contribution in [2.24, 2.45) is 0 Å². The van der Waals surface area contributed by atoms with E-state index in [-0.39, 0.29) is 5.60 Å². The molecule has 0 aliphatic carbocycles. The molecule has 0 spiro atoms. The Labute approximate surface area is 114 Å². The summed E-state index contributed by atoms with van der Waals surface area (Å²) in [6, 6.07) is 0. The number of piperidine rings is 1. The Kier molecular flexibility index (Phi) is 8.70. The van der Waals surface area contributed by atoms with Crippen molar-refractivity contribution in [2.75, 3.05) is 19.7 Å². The largest absolute Gasteiger partial charge is 0.374 e. The van der Waals surface area contributed by atoms with Gasteiger partial charge in [0.1, 0.15) is 0 Å². The standard InChI is InChI=1S/C16H33NO/c1-3-4-5-6-7-8-9-10-14-18-16(2)12-11-13-17-15-16/h17H,3-15H2,1-2H3. The maximum Gasteiger partial charge on any atom is 0.0778 e. The van der Waals surface area contributed by atoms with Gasteiger partial charge in [-0.1, -0.05) is 51.9 Å². The van der Waals surface area contributed by atoms with Crippen LogP contribution in [0.3, 0.4) is 0 Å². The highest BCUT2D eigenvalue weighted by molar-refractivity contribution is 4.82. The second-order valence-corrected chi connectivity index (χ2v) is 6.05. The minimum absolute atomic E-state index is 0.110. The summed E-state index contributed by atoms with van der Waals surface area (Å²) in [6.45, 7) is 7.68. The smallest absolute Gasteiger partial charge is 0.0778 e. The van der Waals surface area contributed by atoms with Crippen LogP contribution in [0.1, 0.15) is 78.1 Å². The molecule has 0 amide bonds. The van der Waals surface area contributed by atoms with E-state index in [2.05, 4.69) is 19.2 Å². The summed E-state index contributed by atoms with van der Waals surface area (Å²) in [7, 11) is 0. The first-order chi connectivity index (χ1) is 8.77. The molecule has 1 N–H and O–H groups in total. The van der Waals surface area contributed by atoms with Gasteiger partial charge in [-0.05, 0) is 32.7 Å². The molecule has 1 aliphatic heterocycles. The van der Waals surface area contributed by atoms with Gasteiger partial charge >= 0.3 is 0 Å². The third-order valence-corrected chi connectivity index (χ3v) is 4.01. The van der Waals surface area contributed by atoms with Crippen LogP contribution >= 0.6 is 0 Å². The molecular weight excluding hydrogens is 222 g/mol. The van der Waals surface area contributed by atoms with Crippen molar-refractivity contribution in [3.8, 4) is 0 Å². The zero-order valence-electron chi connectivity index (χ0n) is 12.6. The van der Waals surface area contributed by atoms with Gasteiger partial charge in [0, 0.05) is 13.2 Å². The highest BCUT2D eigenvalue weighted by atomic mass is 16.5. The van der Waals surface area contributed by atoms with Crippen molar-refractivity contribution in [1.82, 2.24) is 5.32 Å². The fraction of sp³-hybridized carbons (Fsp3) is 1.00. The van der Waals surface area contributed by atoms with Crippen molar-refractivity contribution < 1.29 is 4.74 Å². The quantitative estimate of drug-likeness (QED) is 0.588. The molecule has 0 radical (unpaired) electrons. The van der Waals surface area contributed by atoms with Crippen LogP contribution in [0.4, 0.5) is 0 Å². The molecule has 1 heterocycles. The van der Waals surface area contributed by atoms with Gasteiger partial charge in [0.05, 0.1) is 5.60 Å². The summed E-state index contributed by atoms with van der Waals surface area (Å²) in [4.78, 5) is 0. The van der Waals surface area contributed by atoms with Gasteiger partial charge in [0.2, 0.25) is 0 Å². The van der Waals surface area contributed by atoms with Crippen molar-refractivity contribution in [1.29, 1.82) is 0 Å². The molecule has 2 nitrogen and oxygen atoms in total. The molecule has 0 aromatic rings. The summed E-state index contributed by atoms with van der Waals surface area (Å²) >= 11 is 0. The van der Waals surface area contributed by atoms with Crippen LogP contribution in [0.25, 0.3) is 0 Å². The Morgan fingerprint density at radius 1 is 1.00 bits per heavy atom. The van der Waals surface area contributed by atoms with Crippen molar-refractivity contribution in [3.05, 3.63) is 0 Å². The third kappa shape index (κ3) is 7.38. The number of unbranched alkanes of at least 4 members (excludes halogenated alkanes) is 7. The molecule has 18 heavy (non-hydrogen) atoms. The zero-order valence-corrected chi connectivity index (χ0v) is 12.6. The van der Waals surface area contributed by atoms with E-state index in [1.54, 1.807) is 0 Å². The maximum absolute atomic E-state index is 6.05. The molecule has 1 aliphatic rings. The fourth-order valence-corrected chi connectivity index (χ4v) is 2.71. The number of hydrogen-bond acceptors (Lipinski definition) is 2. The molecule has 0 bridgehead atoms. The number of ether oxygens (including phenoxy) is 1. The second-order valence-electron chi connectivity index (χ2n) is 6.05. The van der Waals surface area contributed by atoms with Gasteiger partial charge in [-0.15, -0.1) is 0 Å². The lowest BCUT2D eigenvalue weighted by Crippen LogP contribution is -2.45. The molecule has 0 aromatic carbocycles. The molecule has 1 atom stereocenters. The molecule has 108 valence electrons. The van der Waals surface area contributed by atoms with Crippen LogP contribution in [-0.4, -0.2) is 25.3 Å². The monoisotopic (exact) mass is 255 g/mol. The van der Waals surface area contributed by atoms with Crippen LogP contribution in [0.2, 0.25) is 0 Å². The van der Waals surface area contributed by atoms with Crippen LogP contribution in [0.15, 0.2) is 0 Å². The Morgan fingerprint density at radius 3 is 2.28 bits per heavy atom. The average molecular weight is 255 g/mol. The first kappa shape index (κ1) is 16.0. The first-order valence-corrected chi connectivity index (χ1v) is 8.11. The van der Waals surface area contributed by atoms with Crippen molar-refractivity contribution in [3.63, 3.8) is 0 Å². The third-order valence-electron chi connectivity index (χ3n) is 4.01. The van der Waals surface area contributed by atoms with Crippen molar-refractivity contribution in [2.45, 2.75) is 83.7 Å². The van der Waals surface area contributed by atoms with Crippen molar-refractivity contribution >= 4 is 0 Å². The van der Waals surface area contributed by atoms with Crippen LogP contribution in [-0.2, 0) is 4.74 Å². The summed E-state index contributed by atoms with van der Waals surface area (Å²) in [5.41, 5.74) is 0.110. The lowest BCUT2D eigenvalue weighted by Gasteiger charge is -2.34. The number of hydrogen-bond donors (Lipinski definition) is 1. The molecule has 1 unspecified atom stereocenters. The normalized spacial score (nSPS) is 24.3. The van der Waals surface area contributed by atoms with Gasteiger partial charge in [-0.3, -0.25) is 0 Å². The maximum atomic E-state index is 6.05. The minimum Gasteiger partial charge on any atom is -0.374 e. The molecule has 1 fully saturated rings. The van der Waals surface area contributed by atoms with E-state index in [1.807, 2.05) is 0 Å². The second kappa shape index (κ2) is 9.80. The molecular formula is C16H33NO. The fourth-order valence-electron chi connectivity index (χ4n) is 2.71. The van der Waals surface area contributed by atoms with E-state index in [0.29, 0.717) is 0 Å². The van der Waals surface area contributed by atoms with E-state index in [9.17, 15) is 0 Å². The van der Waals surface area contributed by atoms with Gasteiger partial charge < -0.3 is 10.1 Å². The average Bonchev–Trinajstić information content (AvgIpc) is 2.38. The van der Waals surface area contributed by atoms with Crippen LogP contribution in [0.5, 0.6) is 0 Å². The predicted octanol–water partition coefficient (Wildman–Crippen LogP) is 4.29. The Balaban J connectivity index is 1.86. The lowest BCUT2D eigenvalue weighted by molar-refractivity contribution is -0.0478. The summed E-state index contributed by atoms with van der Waals surface area (Å²) in [5.74, 6) is 0. The van der Waals surface area contributed by atoms with Gasteiger partial charge in [-0.2, -0.15) is 0 Å². The lowest BCUT2D eigenvalue weighted by atomic mass is 9.96. The molecule has 1 rings (SSSR count). The van der Waals surface area contributed by atoms with E-state index >= 15 is 0 Å². The Bertz CT molecular complexity index is 188. The predicted molar refractivity (Wildman–Crippen MR) is 79.1 cm³/mol. The molecule has 1 saturated heterocycles. The summed E-state index contributed by atoms with van der Waals surface area (Å²) in [6.07, 6.45) is 13.5. The summed E-state index contributed by atoms with van der Waals surface area (Å²) in [5, 5.41) is 3.43. The zero-order chi connectivity index (χ0) is 13.1. The highest BCUT2D eigenvalue weighted by Gasteiger charge is 2.26. The molecule has 2 heteroatoms. The van der Waals surface area contributed by atoms with E-state index < -0.39 is 0 Å². The SMILES string of the molecule is CCCCCCCCCCOC1(C)CCCNC1. The minimum atomic E-state index is 0.110. The van der Waals surface area contributed by atoms with Crippen LogP contribution in [0, 0.1) is 0 Å². The molecule has 0 saturated carbocycles. The molecule has 0 aromatic heterocycles. The highest BCUT2D eigenvalue weighted by Crippen LogP contribution is 2.20. The Morgan fingerprint density at radius 2 is 1.67 bits per heavy atom. The topological polar surface area (TPSA) is 21.3 Å². The van der Waals surface area contributed by atoms with E-state index in [0.717, 1.165) is 19.7 Å². The number of rotatable bonds is 10. The van der Waals surface area contributed by atoms with Crippen LogP contribution < -0.4 is 5.32 Å². The first-order valence-electron chi connectivity index (χ1n) is 8.11. The van der Waals surface area contributed by atoms with Gasteiger partial charge in [-0.25, -0.2) is 0 Å². The Hall–Kier alpha value is -0.0800. The summed E-state index contributed by atoms with van der Waals surface area (Å²) < 4.78 is 6.05. The van der Waals surface area contributed by atoms with E-state index in [1.165, 1.54) is 64.2 Å². The van der Waals surface area contributed by atoms with Gasteiger partial charge in [0.25, 0.3) is 0 Å². The number of nitrogens with one attached hydrogen (secondary N) is 1. The van der Waals surface area contributed by atoms with Gasteiger partial charge in [0.15, 0.2) is 0 Å².